The summed E-state index contributed by atoms with van der Waals surface area (Å²) in [5.74, 6) is -2.55. The number of carbonyl (C=O) groups is 1. The molecule has 0 aromatic heterocycles. The molecule has 2 aromatic rings. The minimum atomic E-state index is -1.02. The average molecular weight is 420 g/mol. The van der Waals surface area contributed by atoms with Gasteiger partial charge >= 0.3 is 5.97 Å². The highest BCUT2D eigenvalue weighted by Crippen LogP contribution is 2.30. The Morgan fingerprint density at radius 3 is 2.17 bits per heavy atom. The molecule has 0 bridgehead atoms. The Kier molecular flexibility index (Phi) is 10.3. The number of hydrogen-bond acceptors (Lipinski definition) is 4. The zero-order valence-corrected chi connectivity index (χ0v) is 17.7. The van der Waals surface area contributed by atoms with Gasteiger partial charge in [0.15, 0.2) is 11.6 Å². The molecular weight excluding hydrogens is 390 g/mol. The summed E-state index contributed by atoms with van der Waals surface area (Å²) in [6.07, 6.45) is 4.90. The van der Waals surface area contributed by atoms with Crippen LogP contribution in [0.15, 0.2) is 36.4 Å². The van der Waals surface area contributed by atoms with E-state index >= 15 is 0 Å². The monoisotopic (exact) mass is 420 g/mol. The molecular formula is C24H30F2O4. The molecule has 0 unspecified atom stereocenters. The molecule has 6 heteroatoms. The molecule has 30 heavy (non-hydrogen) atoms. The maximum absolute atomic E-state index is 14.5. The van der Waals surface area contributed by atoms with E-state index in [1.807, 2.05) is 0 Å². The van der Waals surface area contributed by atoms with Crippen LogP contribution >= 0.6 is 0 Å². The lowest BCUT2D eigenvalue weighted by molar-refractivity contribution is 0.0526. The Morgan fingerprint density at radius 2 is 1.50 bits per heavy atom. The van der Waals surface area contributed by atoms with Gasteiger partial charge in [-0.3, -0.25) is 0 Å². The third-order valence-electron chi connectivity index (χ3n) is 4.59. The highest BCUT2D eigenvalue weighted by molar-refractivity contribution is 5.90. The fourth-order valence-electron chi connectivity index (χ4n) is 2.91. The second-order valence-electron chi connectivity index (χ2n) is 6.91. The maximum atomic E-state index is 14.5. The lowest BCUT2D eigenvalue weighted by Gasteiger charge is -2.11. The second-order valence-corrected chi connectivity index (χ2v) is 6.91. The van der Waals surface area contributed by atoms with Crippen molar-refractivity contribution in [3.63, 3.8) is 0 Å². The van der Waals surface area contributed by atoms with Crippen molar-refractivity contribution in [2.75, 3.05) is 26.4 Å². The molecule has 0 saturated carbocycles. The molecule has 4 nitrogen and oxygen atoms in total. The highest BCUT2D eigenvalue weighted by atomic mass is 19.2. The van der Waals surface area contributed by atoms with E-state index in [0.29, 0.717) is 30.8 Å². The van der Waals surface area contributed by atoms with Gasteiger partial charge in [-0.2, -0.15) is 4.39 Å². The van der Waals surface area contributed by atoms with Crippen molar-refractivity contribution < 1.29 is 27.8 Å². The highest BCUT2D eigenvalue weighted by Gasteiger charge is 2.16. The number of halogens is 2. The van der Waals surface area contributed by atoms with Crippen LogP contribution in [0.3, 0.4) is 0 Å². The van der Waals surface area contributed by atoms with Crippen LogP contribution in [0.1, 0.15) is 56.3 Å². The van der Waals surface area contributed by atoms with E-state index in [1.54, 1.807) is 19.1 Å². The van der Waals surface area contributed by atoms with Crippen molar-refractivity contribution in [2.45, 2.75) is 46.0 Å². The Labute approximate surface area is 177 Å². The molecule has 0 aliphatic heterocycles. The van der Waals surface area contributed by atoms with Gasteiger partial charge in [-0.15, -0.1) is 0 Å². The summed E-state index contributed by atoms with van der Waals surface area (Å²) in [4.78, 5) is 11.7. The average Bonchev–Trinajstić information content (AvgIpc) is 2.76. The number of carbonyl (C=O) groups excluding carboxylic acids is 1. The van der Waals surface area contributed by atoms with Crippen molar-refractivity contribution in [1.82, 2.24) is 0 Å². The van der Waals surface area contributed by atoms with Gasteiger partial charge in [0.2, 0.25) is 5.82 Å². The summed E-state index contributed by atoms with van der Waals surface area (Å²) < 4.78 is 44.8. The third-order valence-corrected chi connectivity index (χ3v) is 4.59. The first-order valence-corrected chi connectivity index (χ1v) is 10.5. The Bertz CT molecular complexity index is 791. The predicted octanol–water partition coefficient (Wildman–Crippen LogP) is 6.17. The third kappa shape index (κ3) is 7.10. The normalized spacial score (nSPS) is 10.8. The maximum Gasteiger partial charge on any atom is 0.338 e. The van der Waals surface area contributed by atoms with Crippen LogP contribution in [0.5, 0.6) is 5.75 Å². The van der Waals surface area contributed by atoms with E-state index in [0.717, 1.165) is 25.9 Å². The van der Waals surface area contributed by atoms with Crippen molar-refractivity contribution >= 4 is 5.97 Å². The zero-order valence-electron chi connectivity index (χ0n) is 17.7. The van der Waals surface area contributed by atoms with E-state index in [1.165, 1.54) is 30.7 Å². The van der Waals surface area contributed by atoms with Crippen LogP contribution in [0.4, 0.5) is 8.78 Å². The van der Waals surface area contributed by atoms with Crippen molar-refractivity contribution in [1.29, 1.82) is 0 Å². The Morgan fingerprint density at radius 1 is 0.833 bits per heavy atom. The van der Waals surface area contributed by atoms with E-state index in [2.05, 4.69) is 6.92 Å². The van der Waals surface area contributed by atoms with Crippen LogP contribution in [0, 0.1) is 11.6 Å². The molecule has 2 aromatic carbocycles. The van der Waals surface area contributed by atoms with Crippen molar-refractivity contribution in [3.8, 4) is 16.9 Å². The number of esters is 1. The fraction of sp³-hybridized carbons (Fsp3) is 0.458. The van der Waals surface area contributed by atoms with Gasteiger partial charge in [-0.25, -0.2) is 9.18 Å². The lowest BCUT2D eigenvalue weighted by atomic mass is 10.0. The van der Waals surface area contributed by atoms with Gasteiger partial charge in [0.25, 0.3) is 0 Å². The number of hydrogen-bond donors (Lipinski definition) is 0. The topological polar surface area (TPSA) is 44.8 Å². The van der Waals surface area contributed by atoms with Gasteiger partial charge in [-0.05, 0) is 56.0 Å². The van der Waals surface area contributed by atoms with Crippen LogP contribution < -0.4 is 4.74 Å². The first-order valence-electron chi connectivity index (χ1n) is 10.5. The van der Waals surface area contributed by atoms with Crippen LogP contribution in [0.25, 0.3) is 11.1 Å². The fourth-order valence-corrected chi connectivity index (χ4v) is 2.91. The summed E-state index contributed by atoms with van der Waals surface area (Å²) in [5.41, 5.74) is 0.928. The molecule has 0 N–H and O–H groups in total. The smallest absolute Gasteiger partial charge is 0.338 e. The first-order chi connectivity index (χ1) is 14.6. The number of ether oxygens (including phenoxy) is 3. The van der Waals surface area contributed by atoms with Crippen LogP contribution in [0.2, 0.25) is 0 Å². The molecule has 0 radical (unpaired) electrons. The van der Waals surface area contributed by atoms with Gasteiger partial charge in [0.1, 0.15) is 0 Å². The molecule has 0 aliphatic rings. The molecule has 164 valence electrons. The second kappa shape index (κ2) is 13.0. The van der Waals surface area contributed by atoms with E-state index < -0.39 is 17.6 Å². The Balaban J connectivity index is 1.87. The zero-order chi connectivity index (χ0) is 21.8. The van der Waals surface area contributed by atoms with Crippen LogP contribution in [-0.4, -0.2) is 32.4 Å². The van der Waals surface area contributed by atoms with Gasteiger partial charge in [-0.1, -0.05) is 31.9 Å². The first kappa shape index (κ1) is 23.8. The largest absolute Gasteiger partial charge is 0.490 e. The molecule has 0 aliphatic carbocycles. The lowest BCUT2D eigenvalue weighted by Crippen LogP contribution is -2.05. The molecule has 2 rings (SSSR count). The van der Waals surface area contributed by atoms with Gasteiger partial charge in [0, 0.05) is 18.8 Å². The van der Waals surface area contributed by atoms with E-state index in [-0.39, 0.29) is 17.9 Å². The number of unbranched alkanes of at least 4 members (excludes halogenated alkanes) is 3. The number of rotatable bonds is 13. The summed E-state index contributed by atoms with van der Waals surface area (Å²) in [6.45, 7) is 5.83. The van der Waals surface area contributed by atoms with Gasteiger partial charge in [0.05, 0.1) is 18.8 Å². The van der Waals surface area contributed by atoms with Crippen molar-refractivity contribution in [2.24, 2.45) is 0 Å². The number of benzene rings is 2. The summed E-state index contributed by atoms with van der Waals surface area (Å²) in [6, 6.07) is 9.08. The van der Waals surface area contributed by atoms with Crippen LogP contribution in [-0.2, 0) is 9.47 Å². The molecule has 0 heterocycles. The summed E-state index contributed by atoms with van der Waals surface area (Å²) >= 11 is 0. The molecule has 0 saturated heterocycles. The van der Waals surface area contributed by atoms with Crippen molar-refractivity contribution in [3.05, 3.63) is 53.6 Å². The minimum Gasteiger partial charge on any atom is -0.490 e. The SMILES string of the molecule is CCCCCOCCCCOc1ccc(-c2ccc(C(=O)OCC)cc2)c(F)c1F. The Hall–Kier alpha value is -2.47. The van der Waals surface area contributed by atoms with E-state index in [4.69, 9.17) is 14.2 Å². The standard InChI is InChI=1S/C24H30F2O4/c1-3-5-6-15-28-16-7-8-17-30-21-14-13-20(22(25)23(21)26)18-9-11-19(12-10-18)24(27)29-4-2/h9-14H,3-8,15-17H2,1-2H3. The minimum absolute atomic E-state index is 0.107. The van der Waals surface area contributed by atoms with Gasteiger partial charge < -0.3 is 14.2 Å². The summed E-state index contributed by atoms with van der Waals surface area (Å²) in [7, 11) is 0. The molecule has 0 spiro atoms. The quantitative estimate of drug-likeness (QED) is 0.287. The summed E-state index contributed by atoms with van der Waals surface area (Å²) in [5, 5.41) is 0. The molecule has 0 fully saturated rings. The predicted molar refractivity (Wildman–Crippen MR) is 113 cm³/mol. The molecule has 0 amide bonds. The molecule has 0 atom stereocenters. The van der Waals surface area contributed by atoms with E-state index in [9.17, 15) is 13.6 Å².